The number of amides is 1. The molecule has 4 heteroatoms. The maximum atomic E-state index is 11.3. The molecule has 1 aliphatic heterocycles. The molecule has 1 aromatic rings. The van der Waals surface area contributed by atoms with Crippen molar-refractivity contribution >= 4 is 28.9 Å². The number of rotatable bonds is 0. The summed E-state index contributed by atoms with van der Waals surface area (Å²) in [6.45, 7) is 1.82. The third-order valence-electron chi connectivity index (χ3n) is 1.92. The summed E-state index contributed by atoms with van der Waals surface area (Å²) >= 11 is 5.68. The minimum Gasteiger partial charge on any atom is -0.306 e. The van der Waals surface area contributed by atoms with Crippen LogP contribution in [0.1, 0.15) is 12.5 Å². The highest BCUT2D eigenvalue weighted by Gasteiger charge is 2.24. The molecule has 0 unspecified atom stereocenters. The largest absolute Gasteiger partial charge is 0.306 e. The van der Waals surface area contributed by atoms with Crippen LogP contribution in [-0.4, -0.2) is 10.9 Å². The number of halogens is 1. The van der Waals surface area contributed by atoms with E-state index in [-0.39, 0.29) is 5.91 Å². The number of hydrogen-bond acceptors (Lipinski definition) is 2. The van der Waals surface area contributed by atoms with Crippen molar-refractivity contribution in [1.82, 2.24) is 4.98 Å². The van der Waals surface area contributed by atoms with Crippen molar-refractivity contribution in [3.8, 4) is 0 Å². The van der Waals surface area contributed by atoms with E-state index in [4.69, 9.17) is 11.6 Å². The Kier molecular flexibility index (Phi) is 1.81. The second-order valence-electron chi connectivity index (χ2n) is 2.69. The summed E-state index contributed by atoms with van der Waals surface area (Å²) in [5.74, 6) is 0.429. The lowest BCUT2D eigenvalue weighted by atomic mass is 10.1. The second kappa shape index (κ2) is 2.85. The van der Waals surface area contributed by atoms with Crippen molar-refractivity contribution in [3.05, 3.63) is 28.9 Å². The van der Waals surface area contributed by atoms with Gasteiger partial charge >= 0.3 is 0 Å². The second-order valence-corrected chi connectivity index (χ2v) is 3.07. The first-order valence-corrected chi connectivity index (χ1v) is 4.24. The summed E-state index contributed by atoms with van der Waals surface area (Å²) in [5, 5.41) is 3.02. The molecule has 1 amide bonds. The van der Waals surface area contributed by atoms with E-state index in [2.05, 4.69) is 10.3 Å². The van der Waals surface area contributed by atoms with Crippen LogP contribution in [0, 0.1) is 0 Å². The minimum atomic E-state index is -0.118. The molecule has 66 valence electrons. The fourth-order valence-electron chi connectivity index (χ4n) is 1.33. The zero-order chi connectivity index (χ0) is 9.42. The number of pyridine rings is 1. The van der Waals surface area contributed by atoms with Gasteiger partial charge in [0.15, 0.2) is 0 Å². The Hall–Kier alpha value is -1.35. The normalized spacial score (nSPS) is 17.4. The highest BCUT2D eigenvalue weighted by atomic mass is 35.5. The first-order valence-electron chi connectivity index (χ1n) is 3.87. The van der Waals surface area contributed by atoms with Crippen molar-refractivity contribution < 1.29 is 4.79 Å². The molecule has 0 saturated carbocycles. The van der Waals surface area contributed by atoms with Gasteiger partial charge in [-0.05, 0) is 19.1 Å². The number of aromatic nitrogens is 1. The highest BCUT2D eigenvalue weighted by Crippen LogP contribution is 2.30. The van der Waals surface area contributed by atoms with E-state index in [1.54, 1.807) is 18.2 Å². The molecule has 2 heterocycles. The Labute approximate surface area is 80.4 Å². The molecule has 0 atom stereocenters. The molecule has 0 fully saturated rings. The Morgan fingerprint density at radius 2 is 2.31 bits per heavy atom. The third kappa shape index (κ3) is 1.21. The summed E-state index contributed by atoms with van der Waals surface area (Å²) in [5.41, 5.74) is 1.47. The molecule has 0 aliphatic carbocycles. The van der Waals surface area contributed by atoms with E-state index in [0.717, 1.165) is 5.56 Å². The molecule has 1 aromatic heterocycles. The van der Waals surface area contributed by atoms with E-state index in [1.807, 2.05) is 6.92 Å². The van der Waals surface area contributed by atoms with Gasteiger partial charge in [0.05, 0.1) is 0 Å². The Morgan fingerprint density at radius 1 is 1.54 bits per heavy atom. The number of fused-ring (bicyclic) bond motifs is 1. The minimum absolute atomic E-state index is 0.118. The van der Waals surface area contributed by atoms with Crippen LogP contribution in [-0.2, 0) is 4.79 Å². The van der Waals surface area contributed by atoms with Crippen LogP contribution in [0.3, 0.4) is 0 Å². The lowest BCUT2D eigenvalue weighted by molar-refractivity contribution is -0.110. The van der Waals surface area contributed by atoms with Gasteiger partial charge in [0.2, 0.25) is 0 Å². The number of hydrogen-bond donors (Lipinski definition) is 1. The van der Waals surface area contributed by atoms with Gasteiger partial charge in [-0.15, -0.1) is 0 Å². The molecule has 0 spiro atoms. The highest BCUT2D eigenvalue weighted by molar-refractivity contribution is 6.32. The van der Waals surface area contributed by atoms with Gasteiger partial charge in [0.25, 0.3) is 5.91 Å². The summed E-state index contributed by atoms with van der Waals surface area (Å²) < 4.78 is 0. The van der Waals surface area contributed by atoms with Crippen LogP contribution in [0.25, 0.3) is 5.57 Å². The van der Waals surface area contributed by atoms with Gasteiger partial charge in [-0.2, -0.15) is 0 Å². The van der Waals surface area contributed by atoms with E-state index in [9.17, 15) is 4.79 Å². The van der Waals surface area contributed by atoms with E-state index in [0.29, 0.717) is 16.5 Å². The van der Waals surface area contributed by atoms with Crippen molar-refractivity contribution in [2.24, 2.45) is 0 Å². The number of carbonyl (C=O) groups is 1. The molecule has 0 aromatic carbocycles. The molecular formula is C9H7ClN2O. The van der Waals surface area contributed by atoms with Crippen molar-refractivity contribution in [2.75, 3.05) is 5.32 Å². The predicted molar refractivity (Wildman–Crippen MR) is 51.5 cm³/mol. The summed E-state index contributed by atoms with van der Waals surface area (Å²) in [6, 6.07) is 3.46. The van der Waals surface area contributed by atoms with E-state index < -0.39 is 0 Å². The molecule has 3 nitrogen and oxygen atoms in total. The van der Waals surface area contributed by atoms with Crippen LogP contribution in [0.2, 0.25) is 5.15 Å². The number of nitrogens with one attached hydrogen (secondary N) is 1. The zero-order valence-corrected chi connectivity index (χ0v) is 7.72. The smallest absolute Gasteiger partial charge is 0.257 e. The van der Waals surface area contributed by atoms with Gasteiger partial charge in [0, 0.05) is 11.1 Å². The van der Waals surface area contributed by atoms with E-state index in [1.165, 1.54) is 0 Å². The van der Waals surface area contributed by atoms with E-state index >= 15 is 0 Å². The van der Waals surface area contributed by atoms with Crippen LogP contribution in [0.5, 0.6) is 0 Å². The number of nitrogens with zero attached hydrogens (tertiary/aromatic N) is 1. The third-order valence-corrected chi connectivity index (χ3v) is 2.13. The fourth-order valence-corrected chi connectivity index (χ4v) is 1.48. The molecule has 1 aliphatic rings. The fraction of sp³-hybridized carbons (Fsp3) is 0.111. The molecule has 2 rings (SSSR count). The predicted octanol–water partition coefficient (Wildman–Crippen LogP) is 2.09. The first kappa shape index (κ1) is 8.26. The van der Waals surface area contributed by atoms with Gasteiger partial charge < -0.3 is 5.32 Å². The van der Waals surface area contributed by atoms with Crippen LogP contribution in [0.4, 0.5) is 5.82 Å². The number of allylic oxidation sites excluding steroid dienone is 1. The molecule has 0 radical (unpaired) electrons. The Morgan fingerprint density at radius 3 is 3.00 bits per heavy atom. The molecule has 13 heavy (non-hydrogen) atoms. The maximum absolute atomic E-state index is 11.3. The summed E-state index contributed by atoms with van der Waals surface area (Å²) in [4.78, 5) is 15.3. The zero-order valence-electron chi connectivity index (χ0n) is 6.97. The average Bonchev–Trinajstić information content (AvgIpc) is 2.39. The van der Waals surface area contributed by atoms with Gasteiger partial charge in [0.1, 0.15) is 11.0 Å². The summed E-state index contributed by atoms with van der Waals surface area (Å²) in [7, 11) is 0. The topological polar surface area (TPSA) is 42.0 Å². The van der Waals surface area contributed by atoms with Crippen molar-refractivity contribution in [3.63, 3.8) is 0 Å². The quantitative estimate of drug-likeness (QED) is 0.508. The molecular weight excluding hydrogens is 188 g/mol. The molecule has 0 saturated heterocycles. The van der Waals surface area contributed by atoms with Crippen molar-refractivity contribution in [2.45, 2.75) is 6.92 Å². The Balaban J connectivity index is 2.61. The SMILES string of the molecule is C/C=C1/C(=O)Nc2nc(Cl)ccc21. The summed E-state index contributed by atoms with van der Waals surface area (Å²) in [6.07, 6.45) is 1.76. The first-order chi connectivity index (χ1) is 6.22. The standard InChI is InChI=1S/C9H7ClN2O/c1-2-5-6-3-4-7(10)11-8(6)12-9(5)13/h2-4H,1H3,(H,11,12,13)/b5-2+. The molecule has 1 N–H and O–H groups in total. The van der Waals surface area contributed by atoms with Gasteiger partial charge in [-0.25, -0.2) is 4.98 Å². The Bertz CT molecular complexity index is 412. The van der Waals surface area contributed by atoms with Crippen molar-refractivity contribution in [1.29, 1.82) is 0 Å². The maximum Gasteiger partial charge on any atom is 0.257 e. The van der Waals surface area contributed by atoms with Gasteiger partial charge in [-0.1, -0.05) is 17.7 Å². The number of carbonyl (C=O) groups excluding carboxylic acids is 1. The monoisotopic (exact) mass is 194 g/mol. The van der Waals surface area contributed by atoms with Crippen LogP contribution in [0.15, 0.2) is 18.2 Å². The lowest BCUT2D eigenvalue weighted by Gasteiger charge is -1.95. The number of anilines is 1. The van der Waals surface area contributed by atoms with Gasteiger partial charge in [-0.3, -0.25) is 4.79 Å². The average molecular weight is 195 g/mol. The van der Waals surface area contributed by atoms with Crippen LogP contribution >= 0.6 is 11.6 Å². The molecule has 0 bridgehead atoms. The van der Waals surface area contributed by atoms with Crippen LogP contribution < -0.4 is 5.32 Å². The lowest BCUT2D eigenvalue weighted by Crippen LogP contribution is -2.03.